The predicted molar refractivity (Wildman–Crippen MR) is 163 cm³/mol. The molecule has 1 aromatic heterocycles. The third kappa shape index (κ3) is 10.3. The van der Waals surface area contributed by atoms with E-state index in [4.69, 9.17) is 0 Å². The number of alkyl halides is 3. The Labute approximate surface area is 262 Å². The first kappa shape index (κ1) is 33.4. The molecule has 0 spiro atoms. The number of pyridine rings is 1. The van der Waals surface area contributed by atoms with Crippen molar-refractivity contribution in [3.8, 4) is 11.1 Å². The molecule has 0 saturated heterocycles. The van der Waals surface area contributed by atoms with E-state index in [0.717, 1.165) is 27.7 Å². The highest BCUT2D eigenvalue weighted by Crippen LogP contribution is 2.27. The largest absolute Gasteiger partial charge is 0.495 e. The lowest BCUT2D eigenvalue weighted by Gasteiger charge is -2.19. The van der Waals surface area contributed by atoms with Gasteiger partial charge in [0, 0.05) is 19.2 Å². The van der Waals surface area contributed by atoms with Crippen molar-refractivity contribution in [1.29, 1.82) is 0 Å². The second-order valence-electron chi connectivity index (χ2n) is 10.2. The summed E-state index contributed by atoms with van der Waals surface area (Å²) in [6.45, 7) is 0.204. The Morgan fingerprint density at radius 1 is 0.783 bits per heavy atom. The fourth-order valence-corrected chi connectivity index (χ4v) is 4.47. The van der Waals surface area contributed by atoms with Crippen molar-refractivity contribution in [2.45, 2.75) is 37.9 Å². The molecular formula is C33H31F3N4O6. The number of nitrogens with one attached hydrogen (secondary N) is 3. The van der Waals surface area contributed by atoms with E-state index in [9.17, 15) is 32.3 Å². The highest BCUT2D eigenvalue weighted by atomic mass is 19.4. The quantitative estimate of drug-likeness (QED) is 0.101. The van der Waals surface area contributed by atoms with Crippen LogP contribution < -0.4 is 16.0 Å². The SMILES string of the molecule is O=C(CCCCNc1ccccn1)NCC(=O)NC(CC(=O)OOC(=O)C(F)(F)F)c1ccc(-c2ccc3ccccc3c2)cc1. The number of halogens is 3. The molecule has 3 aromatic carbocycles. The van der Waals surface area contributed by atoms with Crippen LogP contribution in [0.1, 0.15) is 37.3 Å². The lowest BCUT2D eigenvalue weighted by atomic mass is 9.97. The van der Waals surface area contributed by atoms with Gasteiger partial charge in [0.05, 0.1) is 19.0 Å². The van der Waals surface area contributed by atoms with Crippen molar-refractivity contribution in [2.24, 2.45) is 0 Å². The van der Waals surface area contributed by atoms with Crippen LogP contribution in [0.3, 0.4) is 0 Å². The second-order valence-corrected chi connectivity index (χ2v) is 10.2. The molecule has 0 aliphatic carbocycles. The molecule has 0 radical (unpaired) electrons. The number of aromatic nitrogens is 1. The number of hydrogen-bond donors (Lipinski definition) is 3. The minimum absolute atomic E-state index is 0.174. The van der Waals surface area contributed by atoms with Crippen LogP contribution in [0.4, 0.5) is 19.0 Å². The number of amides is 2. The van der Waals surface area contributed by atoms with Gasteiger partial charge in [0.25, 0.3) is 0 Å². The molecule has 4 rings (SSSR count). The van der Waals surface area contributed by atoms with Crippen molar-refractivity contribution in [1.82, 2.24) is 15.6 Å². The summed E-state index contributed by atoms with van der Waals surface area (Å²) in [7, 11) is 0. The number of nitrogens with zero attached hydrogens (tertiary/aromatic N) is 1. The normalized spacial score (nSPS) is 11.7. The Hall–Kier alpha value is -5.46. The maximum absolute atomic E-state index is 12.7. The minimum Gasteiger partial charge on any atom is -0.370 e. The second kappa shape index (κ2) is 16.0. The van der Waals surface area contributed by atoms with Gasteiger partial charge in [-0.25, -0.2) is 24.3 Å². The van der Waals surface area contributed by atoms with Crippen molar-refractivity contribution in [3.05, 3.63) is 96.7 Å². The van der Waals surface area contributed by atoms with Gasteiger partial charge in [-0.3, -0.25) is 9.59 Å². The zero-order valence-electron chi connectivity index (χ0n) is 24.5. The molecule has 0 bridgehead atoms. The van der Waals surface area contributed by atoms with E-state index in [1.54, 1.807) is 36.5 Å². The smallest absolute Gasteiger partial charge is 0.370 e. The maximum Gasteiger partial charge on any atom is 0.495 e. The fourth-order valence-electron chi connectivity index (χ4n) is 4.47. The van der Waals surface area contributed by atoms with E-state index in [0.29, 0.717) is 24.9 Å². The first-order chi connectivity index (χ1) is 22.1. The van der Waals surface area contributed by atoms with Gasteiger partial charge >= 0.3 is 18.1 Å². The minimum atomic E-state index is -5.36. The maximum atomic E-state index is 12.7. The third-order valence-corrected chi connectivity index (χ3v) is 6.79. The van der Waals surface area contributed by atoms with Gasteiger partial charge in [-0.1, -0.05) is 66.7 Å². The lowest BCUT2D eigenvalue weighted by Crippen LogP contribution is -2.39. The zero-order valence-corrected chi connectivity index (χ0v) is 24.5. The van der Waals surface area contributed by atoms with Crippen LogP contribution in [-0.2, 0) is 29.0 Å². The van der Waals surface area contributed by atoms with Crippen LogP contribution in [0.2, 0.25) is 0 Å². The number of rotatable bonds is 13. The average molecular weight is 637 g/mol. The summed E-state index contributed by atoms with van der Waals surface area (Å²) in [4.78, 5) is 60.0. The zero-order chi connectivity index (χ0) is 32.9. The number of hydrogen-bond acceptors (Lipinski definition) is 8. The summed E-state index contributed by atoms with van der Waals surface area (Å²) in [5.41, 5.74) is 2.17. The lowest BCUT2D eigenvalue weighted by molar-refractivity contribution is -0.286. The number of anilines is 1. The first-order valence-electron chi connectivity index (χ1n) is 14.4. The number of unbranched alkanes of at least 4 members (excludes halogenated alkanes) is 1. The predicted octanol–water partition coefficient (Wildman–Crippen LogP) is 5.41. The van der Waals surface area contributed by atoms with E-state index in [-0.39, 0.29) is 12.3 Å². The number of carbonyl (C=O) groups excluding carboxylic acids is 4. The van der Waals surface area contributed by atoms with Crippen molar-refractivity contribution in [3.63, 3.8) is 0 Å². The Morgan fingerprint density at radius 2 is 1.50 bits per heavy atom. The van der Waals surface area contributed by atoms with Crippen LogP contribution in [0, 0.1) is 0 Å². The third-order valence-electron chi connectivity index (χ3n) is 6.79. The van der Waals surface area contributed by atoms with Gasteiger partial charge in [-0.15, -0.1) is 0 Å². The average Bonchev–Trinajstić information content (AvgIpc) is 3.05. The Kier molecular flexibility index (Phi) is 11.6. The molecule has 0 aliphatic rings. The van der Waals surface area contributed by atoms with Gasteiger partial charge in [-0.05, 0) is 58.5 Å². The van der Waals surface area contributed by atoms with E-state index >= 15 is 0 Å². The van der Waals surface area contributed by atoms with E-state index < -0.39 is 43.0 Å². The fraction of sp³-hybridized carbons (Fsp3) is 0.242. The summed E-state index contributed by atoms with van der Waals surface area (Å²) < 4.78 is 37.3. The molecule has 2 amide bonds. The van der Waals surface area contributed by atoms with Crippen LogP contribution in [0.5, 0.6) is 0 Å². The topological polar surface area (TPSA) is 136 Å². The first-order valence-corrected chi connectivity index (χ1v) is 14.4. The van der Waals surface area contributed by atoms with E-state index in [1.807, 2.05) is 54.6 Å². The van der Waals surface area contributed by atoms with Crippen LogP contribution in [-0.4, -0.2) is 48.0 Å². The van der Waals surface area contributed by atoms with Gasteiger partial charge in [0.1, 0.15) is 5.82 Å². The molecule has 1 unspecified atom stereocenters. The molecule has 0 saturated carbocycles. The molecule has 3 N–H and O–H groups in total. The summed E-state index contributed by atoms with van der Waals surface area (Å²) in [5.74, 6) is -4.32. The molecule has 1 atom stereocenters. The molecule has 46 heavy (non-hydrogen) atoms. The Bertz CT molecular complexity index is 1650. The summed E-state index contributed by atoms with van der Waals surface area (Å²) in [5, 5.41) is 10.3. The van der Waals surface area contributed by atoms with Gasteiger partial charge in [0.2, 0.25) is 11.8 Å². The number of fused-ring (bicyclic) bond motifs is 1. The van der Waals surface area contributed by atoms with Crippen molar-refractivity contribution in [2.75, 3.05) is 18.4 Å². The summed E-state index contributed by atoms with van der Waals surface area (Å²) in [6.07, 6.45) is -2.94. The summed E-state index contributed by atoms with van der Waals surface area (Å²) in [6, 6.07) is 25.0. The molecule has 240 valence electrons. The Balaban J connectivity index is 1.34. The molecule has 0 fully saturated rings. The van der Waals surface area contributed by atoms with Crippen LogP contribution in [0.15, 0.2) is 91.1 Å². The van der Waals surface area contributed by atoms with Crippen LogP contribution >= 0.6 is 0 Å². The number of carbonyl (C=O) groups is 4. The molecule has 0 aliphatic heterocycles. The van der Waals surface area contributed by atoms with Crippen LogP contribution in [0.25, 0.3) is 21.9 Å². The highest BCUT2D eigenvalue weighted by molar-refractivity contribution is 5.87. The molecular weight excluding hydrogens is 605 g/mol. The van der Waals surface area contributed by atoms with E-state index in [1.165, 1.54) is 0 Å². The van der Waals surface area contributed by atoms with Crippen molar-refractivity contribution < 1.29 is 42.1 Å². The Morgan fingerprint density at radius 3 is 2.22 bits per heavy atom. The van der Waals surface area contributed by atoms with Gasteiger partial charge < -0.3 is 16.0 Å². The van der Waals surface area contributed by atoms with Gasteiger partial charge in [0.15, 0.2) is 0 Å². The van der Waals surface area contributed by atoms with Crippen molar-refractivity contribution >= 4 is 40.3 Å². The van der Waals surface area contributed by atoms with E-state index in [2.05, 4.69) is 30.7 Å². The molecule has 13 heteroatoms. The standard InChI is InChI=1S/C33H31F3N4O6/c34-33(35,36)32(44)46-45-31(43)20-27(24-14-11-23(12-15-24)26-16-13-22-7-1-2-8-25(22)19-26)40-30(42)21-39-29(41)10-4-6-18-38-28-9-3-5-17-37-28/h1-3,5,7-9,11-17,19,27H,4,6,10,18,20-21H2,(H,37,38)(H,39,41)(H,40,42). The monoisotopic (exact) mass is 636 g/mol. The molecule has 10 nitrogen and oxygen atoms in total. The highest BCUT2D eigenvalue weighted by Gasteiger charge is 2.43. The van der Waals surface area contributed by atoms with Gasteiger partial charge in [-0.2, -0.15) is 13.2 Å². The molecule has 1 heterocycles. The molecule has 4 aromatic rings. The number of benzene rings is 3. The summed E-state index contributed by atoms with van der Waals surface area (Å²) >= 11 is 0.